The number of nitrogens with zero attached hydrogens (tertiary/aromatic N) is 1. The number of benzene rings is 2. The first-order valence-electron chi connectivity index (χ1n) is 6.91. The molecule has 118 valence electrons. The Bertz CT molecular complexity index is 887. The summed E-state index contributed by atoms with van der Waals surface area (Å²) in [6, 6.07) is 13.4. The first-order chi connectivity index (χ1) is 11.0. The number of aryl methyl sites for hydroxylation is 1. The van der Waals surface area contributed by atoms with E-state index in [1.165, 1.54) is 0 Å². The van der Waals surface area contributed by atoms with Crippen LogP contribution in [0.5, 0.6) is 0 Å². The van der Waals surface area contributed by atoms with E-state index in [0.717, 1.165) is 5.56 Å². The first-order valence-corrected chi connectivity index (χ1v) is 8.39. The standard InChI is InChI=1S/C16H14N2O4S/c1-11-4-2-3-5-15(11)23(20,21)18-13-8-6-12(7-9-13)14-10-16(19)22-17-14/h2-9,18H,10H2,1H3. The van der Waals surface area contributed by atoms with Gasteiger partial charge in [-0.2, -0.15) is 0 Å². The molecule has 2 aromatic rings. The van der Waals surface area contributed by atoms with Crippen molar-refractivity contribution in [3.63, 3.8) is 0 Å². The third kappa shape index (κ3) is 3.24. The van der Waals surface area contributed by atoms with Gasteiger partial charge in [0.2, 0.25) is 0 Å². The van der Waals surface area contributed by atoms with Gasteiger partial charge in [-0.05, 0) is 30.7 Å². The SMILES string of the molecule is Cc1ccccc1S(=O)(=O)Nc1ccc(C2=NOC(=O)C2)cc1. The Morgan fingerprint density at radius 2 is 1.78 bits per heavy atom. The van der Waals surface area contributed by atoms with Gasteiger partial charge in [-0.3, -0.25) is 4.72 Å². The largest absolute Gasteiger partial charge is 0.341 e. The molecular formula is C16H14N2O4S. The van der Waals surface area contributed by atoms with Crippen molar-refractivity contribution in [1.82, 2.24) is 0 Å². The highest BCUT2D eigenvalue weighted by Gasteiger charge is 2.20. The minimum absolute atomic E-state index is 0.119. The van der Waals surface area contributed by atoms with Gasteiger partial charge >= 0.3 is 5.97 Å². The molecule has 1 aliphatic heterocycles. The van der Waals surface area contributed by atoms with E-state index in [1.54, 1.807) is 55.5 Å². The highest BCUT2D eigenvalue weighted by Crippen LogP contribution is 2.20. The fraction of sp³-hybridized carbons (Fsp3) is 0.125. The molecular weight excluding hydrogens is 316 g/mol. The summed E-state index contributed by atoms with van der Waals surface area (Å²) < 4.78 is 27.4. The van der Waals surface area contributed by atoms with Crippen LogP contribution in [0.1, 0.15) is 17.5 Å². The normalized spacial score (nSPS) is 14.3. The van der Waals surface area contributed by atoms with Gasteiger partial charge in [0.15, 0.2) is 0 Å². The number of carbonyl (C=O) groups excluding carboxylic acids is 1. The minimum Gasteiger partial charge on any atom is -0.318 e. The molecule has 0 saturated heterocycles. The van der Waals surface area contributed by atoms with Gasteiger partial charge < -0.3 is 4.84 Å². The van der Waals surface area contributed by atoms with Gasteiger partial charge in [-0.1, -0.05) is 35.5 Å². The number of rotatable bonds is 4. The van der Waals surface area contributed by atoms with Crippen molar-refractivity contribution >= 4 is 27.4 Å². The molecule has 0 bridgehead atoms. The van der Waals surface area contributed by atoms with Crippen molar-refractivity contribution in [1.29, 1.82) is 0 Å². The topological polar surface area (TPSA) is 84.8 Å². The van der Waals surface area contributed by atoms with E-state index < -0.39 is 16.0 Å². The van der Waals surface area contributed by atoms with E-state index >= 15 is 0 Å². The number of anilines is 1. The highest BCUT2D eigenvalue weighted by molar-refractivity contribution is 7.92. The summed E-state index contributed by atoms with van der Waals surface area (Å²) in [6.07, 6.45) is 0.119. The zero-order valence-electron chi connectivity index (χ0n) is 12.3. The van der Waals surface area contributed by atoms with Crippen LogP contribution in [0.4, 0.5) is 5.69 Å². The van der Waals surface area contributed by atoms with Crippen LogP contribution >= 0.6 is 0 Å². The minimum atomic E-state index is -3.64. The molecule has 0 fully saturated rings. The van der Waals surface area contributed by atoms with Crippen molar-refractivity contribution in [3.05, 3.63) is 59.7 Å². The van der Waals surface area contributed by atoms with Crippen molar-refractivity contribution < 1.29 is 18.0 Å². The fourth-order valence-corrected chi connectivity index (χ4v) is 3.57. The molecule has 0 aromatic heterocycles. The first kappa shape index (κ1) is 15.2. The van der Waals surface area contributed by atoms with Crippen LogP contribution in [0, 0.1) is 6.92 Å². The molecule has 0 amide bonds. The van der Waals surface area contributed by atoms with Gasteiger partial charge in [-0.25, -0.2) is 13.2 Å². The van der Waals surface area contributed by atoms with Crippen LogP contribution in [-0.4, -0.2) is 20.1 Å². The maximum Gasteiger partial charge on any atom is 0.341 e. The lowest BCUT2D eigenvalue weighted by atomic mass is 10.1. The molecule has 1 N–H and O–H groups in total. The number of nitrogens with one attached hydrogen (secondary N) is 1. The summed E-state index contributed by atoms with van der Waals surface area (Å²) in [7, 11) is -3.64. The molecule has 0 radical (unpaired) electrons. The second kappa shape index (κ2) is 5.85. The highest BCUT2D eigenvalue weighted by atomic mass is 32.2. The molecule has 0 saturated carbocycles. The number of hydrogen-bond acceptors (Lipinski definition) is 5. The molecule has 1 aliphatic rings. The number of sulfonamides is 1. The molecule has 7 heteroatoms. The third-order valence-electron chi connectivity index (χ3n) is 3.42. The van der Waals surface area contributed by atoms with Crippen molar-refractivity contribution in [2.45, 2.75) is 18.2 Å². The zero-order chi connectivity index (χ0) is 16.4. The lowest BCUT2D eigenvalue weighted by Gasteiger charge is -2.10. The van der Waals surface area contributed by atoms with Crippen LogP contribution in [0.2, 0.25) is 0 Å². The van der Waals surface area contributed by atoms with Crippen molar-refractivity contribution in [2.75, 3.05) is 4.72 Å². The average Bonchev–Trinajstić information content (AvgIpc) is 2.94. The molecule has 6 nitrogen and oxygen atoms in total. The Hall–Kier alpha value is -2.67. The Balaban J connectivity index is 1.81. The molecule has 2 aromatic carbocycles. The van der Waals surface area contributed by atoms with Gasteiger partial charge in [-0.15, -0.1) is 0 Å². The van der Waals surface area contributed by atoms with E-state index in [-0.39, 0.29) is 11.3 Å². The van der Waals surface area contributed by atoms with Gasteiger partial charge in [0.25, 0.3) is 10.0 Å². The number of carbonyl (C=O) groups is 1. The predicted octanol–water partition coefficient (Wildman–Crippen LogP) is 2.45. The Labute approximate surface area is 133 Å². The van der Waals surface area contributed by atoms with Gasteiger partial charge in [0.1, 0.15) is 0 Å². The van der Waals surface area contributed by atoms with E-state index in [0.29, 0.717) is 17.0 Å². The molecule has 0 unspecified atom stereocenters. The quantitative estimate of drug-likeness (QED) is 0.873. The van der Waals surface area contributed by atoms with Gasteiger partial charge in [0.05, 0.1) is 17.0 Å². The van der Waals surface area contributed by atoms with Crippen molar-refractivity contribution in [3.8, 4) is 0 Å². The predicted molar refractivity (Wildman–Crippen MR) is 85.7 cm³/mol. The van der Waals surface area contributed by atoms with Crippen LogP contribution < -0.4 is 4.72 Å². The van der Waals surface area contributed by atoms with Crippen LogP contribution in [0.3, 0.4) is 0 Å². The Kier molecular flexibility index (Phi) is 3.87. The summed E-state index contributed by atoms with van der Waals surface area (Å²) in [5.41, 5.74) is 2.36. The van der Waals surface area contributed by atoms with Gasteiger partial charge in [0, 0.05) is 11.3 Å². The Morgan fingerprint density at radius 1 is 1.09 bits per heavy atom. The Morgan fingerprint density at radius 3 is 2.39 bits per heavy atom. The molecule has 0 atom stereocenters. The third-order valence-corrected chi connectivity index (χ3v) is 4.96. The number of hydrogen-bond donors (Lipinski definition) is 1. The smallest absolute Gasteiger partial charge is 0.318 e. The lowest BCUT2D eigenvalue weighted by molar-refractivity contribution is -0.140. The molecule has 1 heterocycles. The van der Waals surface area contributed by atoms with E-state index in [1.807, 2.05) is 0 Å². The fourth-order valence-electron chi connectivity index (χ4n) is 2.26. The van der Waals surface area contributed by atoms with Crippen LogP contribution in [0.15, 0.2) is 58.6 Å². The molecule has 23 heavy (non-hydrogen) atoms. The zero-order valence-corrected chi connectivity index (χ0v) is 13.1. The average molecular weight is 330 g/mol. The summed E-state index contributed by atoms with van der Waals surface area (Å²) in [6.45, 7) is 1.74. The monoisotopic (exact) mass is 330 g/mol. The number of oxime groups is 1. The summed E-state index contributed by atoms with van der Waals surface area (Å²) in [4.78, 5) is 15.8. The van der Waals surface area contributed by atoms with Crippen LogP contribution in [-0.2, 0) is 19.7 Å². The van der Waals surface area contributed by atoms with E-state index in [2.05, 4.69) is 14.7 Å². The summed E-state index contributed by atoms with van der Waals surface area (Å²) in [5.74, 6) is -0.399. The maximum absolute atomic E-state index is 12.4. The summed E-state index contributed by atoms with van der Waals surface area (Å²) >= 11 is 0. The van der Waals surface area contributed by atoms with Crippen molar-refractivity contribution in [2.24, 2.45) is 5.16 Å². The second-order valence-electron chi connectivity index (χ2n) is 5.13. The van der Waals surface area contributed by atoms with E-state index in [4.69, 9.17) is 0 Å². The molecule has 0 spiro atoms. The second-order valence-corrected chi connectivity index (χ2v) is 6.78. The van der Waals surface area contributed by atoms with Crippen LogP contribution in [0.25, 0.3) is 0 Å². The molecule has 3 rings (SSSR count). The summed E-state index contributed by atoms with van der Waals surface area (Å²) in [5, 5.41) is 3.68. The lowest BCUT2D eigenvalue weighted by Crippen LogP contribution is -2.14. The maximum atomic E-state index is 12.4. The van der Waals surface area contributed by atoms with E-state index in [9.17, 15) is 13.2 Å². The molecule has 0 aliphatic carbocycles.